The van der Waals surface area contributed by atoms with Crippen LogP contribution in [-0.4, -0.2) is 44.4 Å². The number of benzene rings is 1. The molecule has 0 saturated carbocycles. The predicted molar refractivity (Wildman–Crippen MR) is 88.2 cm³/mol. The Kier molecular flexibility index (Phi) is 4.14. The molecule has 0 radical (unpaired) electrons. The van der Waals surface area contributed by atoms with E-state index in [-0.39, 0.29) is 0 Å². The number of hydrogen-bond acceptors (Lipinski definition) is 4. The molecule has 2 aliphatic rings. The first-order valence-corrected chi connectivity index (χ1v) is 8.68. The Bertz CT molecular complexity index is 654. The van der Waals surface area contributed by atoms with E-state index in [9.17, 15) is 5.11 Å². The van der Waals surface area contributed by atoms with Crippen LogP contribution in [0, 0.1) is 0 Å². The monoisotopic (exact) mass is 312 g/mol. The van der Waals surface area contributed by atoms with E-state index in [1.54, 1.807) is 0 Å². The molecule has 0 amide bonds. The largest absolute Gasteiger partial charge is 0.387 e. The molecule has 5 nitrogen and oxygen atoms in total. The van der Waals surface area contributed by atoms with Gasteiger partial charge in [-0.25, -0.2) is 0 Å². The van der Waals surface area contributed by atoms with Gasteiger partial charge >= 0.3 is 0 Å². The van der Waals surface area contributed by atoms with Gasteiger partial charge in [0.25, 0.3) is 0 Å². The van der Waals surface area contributed by atoms with Crippen molar-refractivity contribution in [3.8, 4) is 0 Å². The number of nitrogens with zero attached hydrogens (tertiary/aromatic N) is 4. The Morgan fingerprint density at radius 1 is 1.13 bits per heavy atom. The fourth-order valence-corrected chi connectivity index (χ4v) is 3.93. The third kappa shape index (κ3) is 3.03. The van der Waals surface area contributed by atoms with Crippen LogP contribution in [-0.2, 0) is 13.0 Å². The summed E-state index contributed by atoms with van der Waals surface area (Å²) in [6, 6.07) is 9.95. The third-order valence-corrected chi connectivity index (χ3v) is 5.12. The standard InChI is InChI=1S/C18H24N4O/c23-16(14-6-2-1-3-7-14)13-21-10-4-8-15(12-21)18-20-19-17-9-5-11-22(17)18/h1-3,6-7,15-16,23H,4-5,8-13H2/t15?,16-/m1/s1. The molecule has 3 heterocycles. The van der Waals surface area contributed by atoms with Crippen molar-refractivity contribution in [3.05, 3.63) is 47.5 Å². The van der Waals surface area contributed by atoms with Crippen LogP contribution >= 0.6 is 0 Å². The van der Waals surface area contributed by atoms with E-state index < -0.39 is 6.10 Å². The lowest BCUT2D eigenvalue weighted by atomic mass is 9.96. The number of rotatable bonds is 4. The van der Waals surface area contributed by atoms with Gasteiger partial charge < -0.3 is 9.67 Å². The van der Waals surface area contributed by atoms with Gasteiger partial charge in [-0.15, -0.1) is 10.2 Å². The van der Waals surface area contributed by atoms with E-state index in [0.29, 0.717) is 12.5 Å². The second kappa shape index (κ2) is 6.42. The number of aryl methyl sites for hydroxylation is 1. The summed E-state index contributed by atoms with van der Waals surface area (Å²) < 4.78 is 2.32. The molecule has 23 heavy (non-hydrogen) atoms. The quantitative estimate of drug-likeness (QED) is 0.940. The summed E-state index contributed by atoms with van der Waals surface area (Å²) in [7, 11) is 0. The minimum absolute atomic E-state index is 0.418. The number of fused-ring (bicyclic) bond motifs is 1. The molecule has 2 aliphatic heterocycles. The highest BCUT2D eigenvalue weighted by Gasteiger charge is 2.29. The van der Waals surface area contributed by atoms with Crippen molar-refractivity contribution in [3.63, 3.8) is 0 Å². The lowest BCUT2D eigenvalue weighted by molar-refractivity contribution is 0.0940. The van der Waals surface area contributed by atoms with Crippen LogP contribution in [0.15, 0.2) is 30.3 Å². The van der Waals surface area contributed by atoms with E-state index in [1.807, 2.05) is 30.3 Å². The molecule has 5 heteroatoms. The van der Waals surface area contributed by atoms with E-state index in [2.05, 4.69) is 19.7 Å². The fourth-order valence-electron chi connectivity index (χ4n) is 3.93. The minimum Gasteiger partial charge on any atom is -0.387 e. The maximum Gasteiger partial charge on any atom is 0.137 e. The van der Waals surface area contributed by atoms with E-state index in [1.165, 1.54) is 12.8 Å². The SMILES string of the molecule is O[C@H](CN1CCCC(c2nnc3n2CCC3)C1)c1ccccc1. The van der Waals surface area contributed by atoms with E-state index in [0.717, 1.165) is 49.7 Å². The van der Waals surface area contributed by atoms with Gasteiger partial charge in [0.1, 0.15) is 11.6 Å². The van der Waals surface area contributed by atoms with Gasteiger partial charge in [-0.05, 0) is 31.4 Å². The summed E-state index contributed by atoms with van der Waals surface area (Å²) in [6.07, 6.45) is 4.18. The number of hydrogen-bond donors (Lipinski definition) is 1. The Hall–Kier alpha value is -1.72. The van der Waals surface area contributed by atoms with Crippen molar-refractivity contribution in [1.29, 1.82) is 0 Å². The Morgan fingerprint density at radius 3 is 2.87 bits per heavy atom. The Balaban J connectivity index is 1.43. The fraction of sp³-hybridized carbons (Fsp3) is 0.556. The summed E-state index contributed by atoms with van der Waals surface area (Å²) in [5.41, 5.74) is 0.998. The lowest BCUT2D eigenvalue weighted by Gasteiger charge is -2.33. The molecule has 122 valence electrons. The molecule has 1 saturated heterocycles. The molecule has 2 atom stereocenters. The molecule has 0 spiro atoms. The Labute approximate surface area is 137 Å². The molecule has 2 aromatic rings. The second-order valence-electron chi connectivity index (χ2n) is 6.75. The van der Waals surface area contributed by atoms with Gasteiger partial charge in [-0.2, -0.15) is 0 Å². The number of aromatic nitrogens is 3. The minimum atomic E-state index is -0.418. The Morgan fingerprint density at radius 2 is 2.00 bits per heavy atom. The molecule has 4 rings (SSSR count). The maximum atomic E-state index is 10.5. The molecule has 1 aromatic heterocycles. The van der Waals surface area contributed by atoms with Crippen molar-refractivity contribution in [2.24, 2.45) is 0 Å². The van der Waals surface area contributed by atoms with Crippen molar-refractivity contribution in [2.75, 3.05) is 19.6 Å². The second-order valence-corrected chi connectivity index (χ2v) is 6.75. The van der Waals surface area contributed by atoms with Gasteiger partial charge in [0.2, 0.25) is 0 Å². The summed E-state index contributed by atoms with van der Waals surface area (Å²) >= 11 is 0. The number of aliphatic hydroxyl groups excluding tert-OH is 1. The molecule has 1 aromatic carbocycles. The van der Waals surface area contributed by atoms with Crippen LogP contribution in [0.3, 0.4) is 0 Å². The molecule has 1 N–H and O–H groups in total. The van der Waals surface area contributed by atoms with Gasteiger partial charge in [0.15, 0.2) is 0 Å². The van der Waals surface area contributed by atoms with Gasteiger partial charge in [0.05, 0.1) is 6.10 Å². The smallest absolute Gasteiger partial charge is 0.137 e. The summed E-state index contributed by atoms with van der Waals surface area (Å²) in [6.45, 7) is 3.80. The van der Waals surface area contributed by atoms with Crippen molar-refractivity contribution >= 4 is 0 Å². The highest BCUT2D eigenvalue weighted by Crippen LogP contribution is 2.29. The van der Waals surface area contributed by atoms with Gasteiger partial charge in [0, 0.05) is 32.0 Å². The number of likely N-dealkylation sites (tertiary alicyclic amines) is 1. The molecule has 0 aliphatic carbocycles. The summed E-state index contributed by atoms with van der Waals surface area (Å²) in [4.78, 5) is 2.38. The molecular formula is C18H24N4O. The van der Waals surface area contributed by atoms with Crippen LogP contribution in [0.5, 0.6) is 0 Å². The number of aliphatic hydroxyl groups is 1. The zero-order valence-electron chi connectivity index (χ0n) is 13.4. The topological polar surface area (TPSA) is 54.2 Å². The van der Waals surface area contributed by atoms with Crippen LogP contribution in [0.2, 0.25) is 0 Å². The summed E-state index contributed by atoms with van der Waals surface area (Å²) in [5.74, 6) is 2.77. The highest BCUT2D eigenvalue weighted by molar-refractivity contribution is 5.17. The average Bonchev–Trinajstić information content (AvgIpc) is 3.19. The first-order chi connectivity index (χ1) is 11.3. The van der Waals surface area contributed by atoms with Crippen LogP contribution in [0.4, 0.5) is 0 Å². The third-order valence-electron chi connectivity index (χ3n) is 5.12. The van der Waals surface area contributed by atoms with Crippen LogP contribution in [0.25, 0.3) is 0 Å². The predicted octanol–water partition coefficient (Wildman–Crippen LogP) is 2.14. The summed E-state index contributed by atoms with van der Waals surface area (Å²) in [5, 5.41) is 19.3. The first-order valence-electron chi connectivity index (χ1n) is 8.68. The maximum absolute atomic E-state index is 10.5. The van der Waals surface area contributed by atoms with Crippen molar-refractivity contribution in [1.82, 2.24) is 19.7 Å². The van der Waals surface area contributed by atoms with Gasteiger partial charge in [-0.1, -0.05) is 30.3 Å². The van der Waals surface area contributed by atoms with Gasteiger partial charge in [-0.3, -0.25) is 4.90 Å². The molecular weight excluding hydrogens is 288 g/mol. The van der Waals surface area contributed by atoms with E-state index >= 15 is 0 Å². The zero-order chi connectivity index (χ0) is 15.6. The van der Waals surface area contributed by atoms with Crippen LogP contribution in [0.1, 0.15) is 48.5 Å². The molecule has 1 unspecified atom stereocenters. The average molecular weight is 312 g/mol. The van der Waals surface area contributed by atoms with Crippen LogP contribution < -0.4 is 0 Å². The lowest BCUT2D eigenvalue weighted by Crippen LogP contribution is -2.38. The van der Waals surface area contributed by atoms with E-state index in [4.69, 9.17) is 0 Å². The zero-order valence-corrected chi connectivity index (χ0v) is 13.4. The van der Waals surface area contributed by atoms with Crippen molar-refractivity contribution in [2.45, 2.75) is 44.2 Å². The first kappa shape index (κ1) is 14.8. The van der Waals surface area contributed by atoms with Crippen molar-refractivity contribution < 1.29 is 5.11 Å². The number of piperidine rings is 1. The molecule has 0 bridgehead atoms. The number of β-amino-alcohol motifs (C(OH)–C–C–N with tert-alkyl or cyclic N) is 1. The molecule has 1 fully saturated rings. The normalized spacial score (nSPS) is 22.9. The highest BCUT2D eigenvalue weighted by atomic mass is 16.3.